The summed E-state index contributed by atoms with van der Waals surface area (Å²) in [4.78, 5) is 7.33. The topological polar surface area (TPSA) is 52.8 Å². The zero-order chi connectivity index (χ0) is 13.3. The van der Waals surface area contributed by atoms with Crippen molar-refractivity contribution in [2.24, 2.45) is 7.05 Å². The fourth-order valence-corrected chi connectivity index (χ4v) is 1.39. The van der Waals surface area contributed by atoms with E-state index in [1.807, 2.05) is 0 Å². The standard InChI is InChI=1S/C10H9F3N4O/c1-17-9(10(11,12)13)15-8(16-17)6-3-4-7(18-2)14-5-6/h3-5H,1-2H3. The third-order valence-corrected chi connectivity index (χ3v) is 2.22. The van der Waals surface area contributed by atoms with Crippen molar-refractivity contribution < 1.29 is 17.9 Å². The summed E-state index contributed by atoms with van der Waals surface area (Å²) in [5.74, 6) is -0.709. The second-order valence-corrected chi connectivity index (χ2v) is 3.47. The highest BCUT2D eigenvalue weighted by atomic mass is 19.4. The summed E-state index contributed by atoms with van der Waals surface area (Å²) in [7, 11) is 2.64. The predicted molar refractivity (Wildman–Crippen MR) is 55.8 cm³/mol. The van der Waals surface area contributed by atoms with Crippen LogP contribution in [0.2, 0.25) is 0 Å². The minimum Gasteiger partial charge on any atom is -0.481 e. The first-order chi connectivity index (χ1) is 8.41. The van der Waals surface area contributed by atoms with Crippen LogP contribution >= 0.6 is 0 Å². The molecule has 0 aliphatic carbocycles. The average molecular weight is 258 g/mol. The highest BCUT2D eigenvalue weighted by Gasteiger charge is 2.37. The number of halogens is 3. The normalized spacial score (nSPS) is 11.6. The molecule has 2 rings (SSSR count). The third-order valence-electron chi connectivity index (χ3n) is 2.22. The van der Waals surface area contributed by atoms with Gasteiger partial charge in [-0.25, -0.2) is 14.6 Å². The van der Waals surface area contributed by atoms with Crippen molar-refractivity contribution in [3.05, 3.63) is 24.2 Å². The Morgan fingerprint density at radius 1 is 1.28 bits per heavy atom. The lowest BCUT2D eigenvalue weighted by atomic mass is 10.3. The first kappa shape index (κ1) is 12.3. The van der Waals surface area contributed by atoms with Crippen molar-refractivity contribution in [2.45, 2.75) is 6.18 Å². The molecule has 0 amide bonds. The van der Waals surface area contributed by atoms with Gasteiger partial charge in [0.25, 0.3) is 0 Å². The van der Waals surface area contributed by atoms with Gasteiger partial charge in [-0.2, -0.15) is 18.3 Å². The van der Waals surface area contributed by atoms with Crippen LogP contribution in [0.3, 0.4) is 0 Å². The number of hydrogen-bond acceptors (Lipinski definition) is 4. The number of hydrogen-bond donors (Lipinski definition) is 0. The van der Waals surface area contributed by atoms with E-state index in [9.17, 15) is 13.2 Å². The Balaban J connectivity index is 2.39. The summed E-state index contributed by atoms with van der Waals surface area (Å²) in [5, 5.41) is 3.71. The van der Waals surface area contributed by atoms with Gasteiger partial charge in [0.2, 0.25) is 11.7 Å². The average Bonchev–Trinajstić information content (AvgIpc) is 2.71. The molecule has 0 radical (unpaired) electrons. The zero-order valence-electron chi connectivity index (χ0n) is 9.56. The lowest BCUT2D eigenvalue weighted by Crippen LogP contribution is -2.13. The van der Waals surface area contributed by atoms with Crippen LogP contribution in [-0.2, 0) is 13.2 Å². The summed E-state index contributed by atoms with van der Waals surface area (Å²) < 4.78 is 43.2. The van der Waals surface area contributed by atoms with Gasteiger partial charge < -0.3 is 4.74 Å². The van der Waals surface area contributed by atoms with Crippen LogP contribution in [0, 0.1) is 0 Å². The van der Waals surface area contributed by atoms with E-state index in [1.54, 1.807) is 6.07 Å². The molecule has 0 N–H and O–H groups in total. The van der Waals surface area contributed by atoms with E-state index in [-0.39, 0.29) is 5.82 Å². The largest absolute Gasteiger partial charge is 0.481 e. The molecule has 0 aliphatic rings. The molecule has 2 heterocycles. The Hall–Kier alpha value is -2.12. The van der Waals surface area contributed by atoms with Crippen LogP contribution in [0.1, 0.15) is 5.82 Å². The molecule has 0 unspecified atom stereocenters. The molecule has 0 bridgehead atoms. The quantitative estimate of drug-likeness (QED) is 0.825. The van der Waals surface area contributed by atoms with Crippen molar-refractivity contribution in [3.8, 4) is 17.3 Å². The molecule has 2 aromatic rings. The Bertz CT molecular complexity index is 547. The van der Waals surface area contributed by atoms with Crippen molar-refractivity contribution in [1.82, 2.24) is 19.7 Å². The number of aryl methyl sites for hydroxylation is 1. The van der Waals surface area contributed by atoms with E-state index in [4.69, 9.17) is 4.74 Å². The van der Waals surface area contributed by atoms with Gasteiger partial charge in [0.15, 0.2) is 5.82 Å². The lowest BCUT2D eigenvalue weighted by molar-refractivity contribution is -0.147. The SMILES string of the molecule is COc1ccc(-c2nc(C(F)(F)F)n(C)n2)cn1. The summed E-state index contributed by atoms with van der Waals surface area (Å²) >= 11 is 0. The van der Waals surface area contributed by atoms with Gasteiger partial charge in [-0.1, -0.05) is 0 Å². The summed E-state index contributed by atoms with van der Waals surface area (Å²) in [6, 6.07) is 3.07. The summed E-state index contributed by atoms with van der Waals surface area (Å²) in [6.45, 7) is 0. The van der Waals surface area contributed by atoms with E-state index in [2.05, 4.69) is 15.1 Å². The van der Waals surface area contributed by atoms with Crippen LogP contribution in [0.5, 0.6) is 5.88 Å². The van der Waals surface area contributed by atoms with E-state index >= 15 is 0 Å². The number of rotatable bonds is 2. The fourth-order valence-electron chi connectivity index (χ4n) is 1.39. The number of aromatic nitrogens is 4. The Labute approximate surface area is 100 Å². The van der Waals surface area contributed by atoms with Gasteiger partial charge in [-0.3, -0.25) is 0 Å². The number of pyridine rings is 1. The molecule has 0 saturated heterocycles. The molecular weight excluding hydrogens is 249 g/mol. The molecule has 0 atom stereocenters. The van der Waals surface area contributed by atoms with Crippen LogP contribution in [0.15, 0.2) is 18.3 Å². The number of alkyl halides is 3. The summed E-state index contributed by atoms with van der Waals surface area (Å²) in [5.41, 5.74) is 0.391. The monoisotopic (exact) mass is 258 g/mol. The van der Waals surface area contributed by atoms with E-state index in [0.29, 0.717) is 16.1 Å². The fraction of sp³-hybridized carbons (Fsp3) is 0.300. The lowest BCUT2D eigenvalue weighted by Gasteiger charge is -2.02. The number of methoxy groups -OCH3 is 1. The highest BCUT2D eigenvalue weighted by molar-refractivity contribution is 5.53. The second kappa shape index (κ2) is 4.28. The van der Waals surface area contributed by atoms with Crippen molar-refractivity contribution >= 4 is 0 Å². The smallest absolute Gasteiger partial charge is 0.451 e. The van der Waals surface area contributed by atoms with Crippen molar-refractivity contribution in [3.63, 3.8) is 0 Å². The van der Waals surface area contributed by atoms with Gasteiger partial charge in [0, 0.05) is 24.9 Å². The van der Waals surface area contributed by atoms with E-state index in [0.717, 1.165) is 0 Å². The Morgan fingerprint density at radius 3 is 2.44 bits per heavy atom. The van der Waals surface area contributed by atoms with Crippen LogP contribution < -0.4 is 4.74 Å². The van der Waals surface area contributed by atoms with E-state index < -0.39 is 12.0 Å². The molecule has 0 aromatic carbocycles. The van der Waals surface area contributed by atoms with Crippen LogP contribution in [0.25, 0.3) is 11.4 Å². The van der Waals surface area contributed by atoms with Gasteiger partial charge in [-0.05, 0) is 6.07 Å². The van der Waals surface area contributed by atoms with Gasteiger partial charge in [0.1, 0.15) is 0 Å². The van der Waals surface area contributed by atoms with Gasteiger partial charge >= 0.3 is 6.18 Å². The zero-order valence-corrected chi connectivity index (χ0v) is 9.56. The number of ether oxygens (including phenoxy) is 1. The predicted octanol–water partition coefficient (Wildman–Crippen LogP) is 1.90. The maximum absolute atomic E-state index is 12.5. The van der Waals surface area contributed by atoms with E-state index in [1.165, 1.54) is 26.4 Å². The maximum atomic E-state index is 12.5. The molecule has 0 fully saturated rings. The first-order valence-corrected chi connectivity index (χ1v) is 4.90. The molecule has 2 aromatic heterocycles. The second-order valence-electron chi connectivity index (χ2n) is 3.47. The van der Waals surface area contributed by atoms with Crippen molar-refractivity contribution in [1.29, 1.82) is 0 Å². The first-order valence-electron chi connectivity index (χ1n) is 4.90. The molecule has 96 valence electrons. The minimum atomic E-state index is -4.53. The molecule has 18 heavy (non-hydrogen) atoms. The Kier molecular flexibility index (Phi) is 2.93. The van der Waals surface area contributed by atoms with Crippen LogP contribution in [-0.4, -0.2) is 26.9 Å². The summed E-state index contributed by atoms with van der Waals surface area (Å²) in [6.07, 6.45) is -3.17. The number of nitrogens with zero attached hydrogens (tertiary/aromatic N) is 4. The minimum absolute atomic E-state index is 0.0278. The molecule has 0 saturated carbocycles. The molecular formula is C10H9F3N4O. The molecule has 0 spiro atoms. The van der Waals surface area contributed by atoms with Crippen LogP contribution in [0.4, 0.5) is 13.2 Å². The Morgan fingerprint density at radius 2 is 2.00 bits per heavy atom. The van der Waals surface area contributed by atoms with Crippen molar-refractivity contribution in [2.75, 3.05) is 7.11 Å². The molecule has 5 nitrogen and oxygen atoms in total. The van der Waals surface area contributed by atoms with Gasteiger partial charge in [0.05, 0.1) is 7.11 Å². The third kappa shape index (κ3) is 2.27. The highest BCUT2D eigenvalue weighted by Crippen LogP contribution is 2.29. The molecule has 8 heteroatoms. The molecule has 0 aliphatic heterocycles. The van der Waals surface area contributed by atoms with Gasteiger partial charge in [-0.15, -0.1) is 0 Å². The maximum Gasteiger partial charge on any atom is 0.451 e.